The molecule has 1 saturated heterocycles. The number of nitrogens with one attached hydrogen (secondary N) is 1. The Hall–Kier alpha value is -1.66. The van der Waals surface area contributed by atoms with Crippen molar-refractivity contribution in [3.05, 3.63) is 30.1 Å². The Kier molecular flexibility index (Phi) is 6.41. The van der Waals surface area contributed by atoms with Crippen molar-refractivity contribution in [1.82, 2.24) is 15.2 Å². The quantitative estimate of drug-likeness (QED) is 0.874. The molecule has 1 fully saturated rings. The molecule has 1 aromatic rings. The van der Waals surface area contributed by atoms with Gasteiger partial charge in [-0.2, -0.15) is 0 Å². The molecule has 0 radical (unpaired) electrons. The molecule has 25 heavy (non-hydrogen) atoms. The second-order valence-corrected chi connectivity index (χ2v) is 7.90. The number of carbonyl (C=O) groups excluding carboxylic acids is 1. The number of nitrogens with zero attached hydrogens (tertiary/aromatic N) is 2. The fourth-order valence-corrected chi connectivity index (χ4v) is 2.94. The molecule has 0 aliphatic carbocycles. The summed E-state index contributed by atoms with van der Waals surface area (Å²) in [5, 5.41) is 14.3. The maximum atomic E-state index is 12.2. The van der Waals surface area contributed by atoms with Crippen LogP contribution in [0.25, 0.3) is 0 Å². The minimum absolute atomic E-state index is 0.0652. The van der Waals surface area contributed by atoms with Gasteiger partial charge < -0.3 is 20.1 Å². The first-order valence-corrected chi connectivity index (χ1v) is 9.03. The smallest absolute Gasteiger partial charge is 0.410 e. The molecule has 0 bridgehead atoms. The number of hydrogen-bond acceptors (Lipinski definition) is 5. The first-order chi connectivity index (χ1) is 11.7. The number of rotatable bonds is 4. The van der Waals surface area contributed by atoms with Crippen molar-refractivity contribution in [2.75, 3.05) is 19.6 Å². The second kappa shape index (κ2) is 8.15. The van der Waals surface area contributed by atoms with Crippen LogP contribution in [0.3, 0.4) is 0 Å². The number of amides is 1. The number of carbonyl (C=O) groups is 1. The molecule has 140 valence electrons. The lowest BCUT2D eigenvalue weighted by Gasteiger charge is -2.29. The molecule has 1 aromatic heterocycles. The van der Waals surface area contributed by atoms with Gasteiger partial charge in [0.25, 0.3) is 0 Å². The molecule has 1 aliphatic heterocycles. The number of hydrogen-bond donors (Lipinski definition) is 2. The van der Waals surface area contributed by atoms with Crippen LogP contribution in [0.15, 0.2) is 24.4 Å². The topological polar surface area (TPSA) is 74.7 Å². The van der Waals surface area contributed by atoms with Crippen LogP contribution in [-0.2, 0) is 4.74 Å². The lowest BCUT2D eigenvalue weighted by atomic mass is 9.94. The zero-order valence-electron chi connectivity index (χ0n) is 15.8. The molecule has 0 saturated carbocycles. The maximum absolute atomic E-state index is 12.2. The molecule has 6 heteroatoms. The van der Waals surface area contributed by atoms with E-state index in [-0.39, 0.29) is 12.1 Å². The van der Waals surface area contributed by atoms with E-state index in [1.54, 1.807) is 11.1 Å². The third-order valence-corrected chi connectivity index (χ3v) is 4.44. The summed E-state index contributed by atoms with van der Waals surface area (Å²) in [6, 6.07) is 5.88. The van der Waals surface area contributed by atoms with Gasteiger partial charge in [-0.1, -0.05) is 6.07 Å². The molecule has 2 unspecified atom stereocenters. The van der Waals surface area contributed by atoms with Crippen LogP contribution >= 0.6 is 0 Å². The minimum Gasteiger partial charge on any atom is -0.444 e. The van der Waals surface area contributed by atoms with Crippen molar-refractivity contribution in [3.63, 3.8) is 0 Å². The van der Waals surface area contributed by atoms with E-state index in [0.29, 0.717) is 32.5 Å². The van der Waals surface area contributed by atoms with Crippen LogP contribution in [0.2, 0.25) is 0 Å². The molecular formula is C19H31N3O3. The van der Waals surface area contributed by atoms with Gasteiger partial charge in [-0.05, 0) is 59.1 Å². The summed E-state index contributed by atoms with van der Waals surface area (Å²) in [5.41, 5.74) is -0.366. The van der Waals surface area contributed by atoms with E-state index in [1.165, 1.54) is 0 Å². The van der Waals surface area contributed by atoms with Crippen molar-refractivity contribution in [1.29, 1.82) is 0 Å². The molecule has 1 amide bonds. The highest BCUT2D eigenvalue weighted by molar-refractivity contribution is 5.68. The van der Waals surface area contributed by atoms with Gasteiger partial charge in [0.15, 0.2) is 0 Å². The van der Waals surface area contributed by atoms with Crippen LogP contribution in [0.4, 0.5) is 4.79 Å². The van der Waals surface area contributed by atoms with E-state index in [1.807, 2.05) is 45.9 Å². The average molecular weight is 349 g/mol. The molecule has 0 spiro atoms. The lowest BCUT2D eigenvalue weighted by Crippen LogP contribution is -2.43. The normalized spacial score (nSPS) is 23.0. The van der Waals surface area contributed by atoms with Crippen molar-refractivity contribution in [3.8, 4) is 0 Å². The summed E-state index contributed by atoms with van der Waals surface area (Å²) in [7, 11) is 0. The van der Waals surface area contributed by atoms with Crippen molar-refractivity contribution in [2.24, 2.45) is 0 Å². The second-order valence-electron chi connectivity index (χ2n) is 7.90. The van der Waals surface area contributed by atoms with E-state index >= 15 is 0 Å². The Morgan fingerprint density at radius 1 is 1.40 bits per heavy atom. The Balaban J connectivity index is 1.87. The van der Waals surface area contributed by atoms with Gasteiger partial charge in [0.1, 0.15) is 5.60 Å². The summed E-state index contributed by atoms with van der Waals surface area (Å²) < 4.78 is 5.44. The van der Waals surface area contributed by atoms with Gasteiger partial charge >= 0.3 is 6.09 Å². The number of likely N-dealkylation sites (tertiary alicyclic amines) is 1. The average Bonchev–Trinajstić information content (AvgIpc) is 2.74. The highest BCUT2D eigenvalue weighted by atomic mass is 16.6. The van der Waals surface area contributed by atoms with Crippen molar-refractivity contribution < 1.29 is 14.6 Å². The summed E-state index contributed by atoms with van der Waals surface area (Å²) in [6.45, 7) is 9.23. The van der Waals surface area contributed by atoms with E-state index in [4.69, 9.17) is 4.74 Å². The summed E-state index contributed by atoms with van der Waals surface area (Å²) in [6.07, 6.45) is 3.43. The largest absolute Gasteiger partial charge is 0.444 e. The maximum Gasteiger partial charge on any atom is 0.410 e. The van der Waals surface area contributed by atoms with Crippen LogP contribution in [-0.4, -0.2) is 51.9 Å². The van der Waals surface area contributed by atoms with Crippen LogP contribution in [0.5, 0.6) is 0 Å². The number of aliphatic hydroxyl groups is 1. The van der Waals surface area contributed by atoms with Gasteiger partial charge in [0.2, 0.25) is 0 Å². The fraction of sp³-hybridized carbons (Fsp3) is 0.684. The number of pyridine rings is 1. The highest BCUT2D eigenvalue weighted by Crippen LogP contribution is 2.24. The molecule has 2 N–H and O–H groups in total. The Morgan fingerprint density at radius 3 is 2.80 bits per heavy atom. The van der Waals surface area contributed by atoms with Crippen molar-refractivity contribution >= 4 is 6.09 Å². The van der Waals surface area contributed by atoms with E-state index in [9.17, 15) is 9.90 Å². The van der Waals surface area contributed by atoms with E-state index < -0.39 is 11.2 Å². The van der Waals surface area contributed by atoms with Gasteiger partial charge in [-0.15, -0.1) is 0 Å². The van der Waals surface area contributed by atoms with E-state index in [0.717, 1.165) is 12.1 Å². The predicted molar refractivity (Wildman–Crippen MR) is 97.3 cm³/mol. The minimum atomic E-state index is -0.820. The van der Waals surface area contributed by atoms with Gasteiger partial charge in [-0.25, -0.2) is 4.79 Å². The van der Waals surface area contributed by atoms with E-state index in [2.05, 4.69) is 10.3 Å². The first-order valence-electron chi connectivity index (χ1n) is 9.03. The van der Waals surface area contributed by atoms with Crippen LogP contribution in [0, 0.1) is 0 Å². The zero-order chi connectivity index (χ0) is 18.5. The summed E-state index contributed by atoms with van der Waals surface area (Å²) in [5.74, 6) is 0. The third kappa shape index (κ3) is 6.29. The third-order valence-electron chi connectivity index (χ3n) is 4.44. The summed E-state index contributed by atoms with van der Waals surface area (Å²) >= 11 is 0. The Labute approximate surface area is 150 Å². The first kappa shape index (κ1) is 19.7. The highest BCUT2D eigenvalue weighted by Gasteiger charge is 2.33. The zero-order valence-corrected chi connectivity index (χ0v) is 15.8. The monoisotopic (exact) mass is 349 g/mol. The van der Waals surface area contributed by atoms with Crippen LogP contribution in [0.1, 0.15) is 58.7 Å². The Morgan fingerprint density at radius 2 is 2.16 bits per heavy atom. The van der Waals surface area contributed by atoms with Crippen molar-refractivity contribution in [2.45, 2.75) is 64.2 Å². The predicted octanol–water partition coefficient (Wildman–Crippen LogP) is 2.88. The molecule has 2 atom stereocenters. The SMILES string of the molecule is CC(NCC1(O)CCCN(C(=O)OC(C)(C)C)CC1)c1ccccn1. The number of ether oxygens (including phenoxy) is 1. The standard InChI is InChI=1S/C19H31N3O3/c1-15(16-8-5-6-11-20-16)21-14-19(24)9-7-12-22(13-10-19)17(23)25-18(2,3)4/h5-6,8,11,15,21,24H,7,9-10,12-14H2,1-4H3. The number of aromatic nitrogens is 1. The molecule has 6 nitrogen and oxygen atoms in total. The van der Waals surface area contributed by atoms with Gasteiger partial charge in [0, 0.05) is 31.9 Å². The van der Waals surface area contributed by atoms with Gasteiger partial charge in [-0.3, -0.25) is 4.98 Å². The molecule has 0 aromatic carbocycles. The van der Waals surface area contributed by atoms with Crippen LogP contribution < -0.4 is 5.32 Å². The molecule has 2 rings (SSSR count). The lowest BCUT2D eigenvalue weighted by molar-refractivity contribution is 0.0144. The Bertz CT molecular complexity index is 559. The molecule has 1 aliphatic rings. The molecule has 2 heterocycles. The summed E-state index contributed by atoms with van der Waals surface area (Å²) in [4.78, 5) is 18.3. The van der Waals surface area contributed by atoms with Gasteiger partial charge in [0.05, 0.1) is 11.3 Å². The molecular weight excluding hydrogens is 318 g/mol. The fourth-order valence-electron chi connectivity index (χ4n) is 2.94.